The number of anilines is 1. The van der Waals surface area contributed by atoms with E-state index in [-0.39, 0.29) is 26.3 Å². The number of aromatic nitrogens is 4. The molecule has 0 unspecified atom stereocenters. The Balaban J connectivity index is 0.00000401. The molecule has 6 nitrogen and oxygen atoms in total. The van der Waals surface area contributed by atoms with Gasteiger partial charge in [-0.3, -0.25) is 4.68 Å². The van der Waals surface area contributed by atoms with Crippen molar-refractivity contribution in [2.45, 2.75) is 47.5 Å². The Labute approximate surface area is 296 Å². The van der Waals surface area contributed by atoms with Crippen molar-refractivity contribution < 1.29 is 25.2 Å². The molecule has 244 valence electrons. The van der Waals surface area contributed by atoms with E-state index in [1.54, 1.807) is 0 Å². The van der Waals surface area contributed by atoms with Crippen molar-refractivity contribution in [3.05, 3.63) is 125 Å². The maximum atomic E-state index is 6.46. The van der Waals surface area contributed by atoms with Crippen LogP contribution in [0.5, 0.6) is 11.5 Å². The summed E-state index contributed by atoms with van der Waals surface area (Å²) in [5.74, 6) is 2.29. The molecule has 0 aliphatic heterocycles. The van der Waals surface area contributed by atoms with Crippen molar-refractivity contribution >= 4 is 27.5 Å². The molecule has 0 saturated heterocycles. The normalized spacial score (nSPS) is 11.4. The zero-order chi connectivity index (χ0) is 33.0. The molecule has 0 atom stereocenters. The Hall–Kier alpha value is -4.70. The molecule has 7 heteroatoms. The standard InChI is InChI=1S/C41H39N5O.Pd/c1-25(2)41-40(39-27(4)21-31(44(7)8)22-28(39)5)29(6)43-46(41)30-12-11-13-32(23-30)47-33-16-17-35-34-14-9-10-15-36(34)45(37(35)24-33)38-20-26(3)18-19-42-38;/h9-22,25H,1-8H3;/q-2;+2. The Morgan fingerprint density at radius 3 is 2.21 bits per heavy atom. The third-order valence-corrected chi connectivity index (χ3v) is 8.81. The van der Waals surface area contributed by atoms with Crippen molar-refractivity contribution in [2.24, 2.45) is 0 Å². The zero-order valence-electron chi connectivity index (χ0n) is 28.6. The minimum Gasteiger partial charge on any atom is -0.509 e. The van der Waals surface area contributed by atoms with E-state index in [9.17, 15) is 0 Å². The molecule has 0 spiro atoms. The number of hydrogen-bond acceptors (Lipinski definition) is 4. The average Bonchev–Trinajstić information content (AvgIpc) is 3.55. The number of benzene rings is 4. The minimum absolute atomic E-state index is 0. The molecular formula is C41H39N5OPd. The summed E-state index contributed by atoms with van der Waals surface area (Å²) in [4.78, 5) is 6.85. The van der Waals surface area contributed by atoms with Gasteiger partial charge in [0.05, 0.1) is 11.4 Å². The molecule has 0 aliphatic rings. The molecular weight excluding hydrogens is 685 g/mol. The monoisotopic (exact) mass is 723 g/mol. The fourth-order valence-electron chi connectivity index (χ4n) is 6.72. The number of pyridine rings is 1. The van der Waals surface area contributed by atoms with E-state index in [1.807, 2.05) is 41.2 Å². The Morgan fingerprint density at radius 1 is 0.771 bits per heavy atom. The van der Waals surface area contributed by atoms with E-state index in [0.717, 1.165) is 50.3 Å². The first-order valence-corrected chi connectivity index (χ1v) is 16.1. The number of ether oxygens (including phenoxy) is 1. The van der Waals surface area contributed by atoms with Crippen LogP contribution in [0.2, 0.25) is 0 Å². The van der Waals surface area contributed by atoms with E-state index in [2.05, 4.69) is 126 Å². The van der Waals surface area contributed by atoms with E-state index in [0.29, 0.717) is 11.5 Å². The van der Waals surface area contributed by atoms with Crippen LogP contribution in [-0.2, 0) is 20.4 Å². The van der Waals surface area contributed by atoms with Gasteiger partial charge < -0.3 is 14.2 Å². The topological polar surface area (TPSA) is 48.1 Å². The first-order chi connectivity index (χ1) is 22.6. The maximum absolute atomic E-state index is 6.46. The van der Waals surface area contributed by atoms with Crippen LogP contribution in [0.25, 0.3) is 44.4 Å². The number of hydrogen-bond donors (Lipinski definition) is 0. The van der Waals surface area contributed by atoms with Crippen LogP contribution in [0.4, 0.5) is 5.69 Å². The van der Waals surface area contributed by atoms with Crippen LogP contribution >= 0.6 is 0 Å². The number of rotatable bonds is 7. The average molecular weight is 724 g/mol. The number of nitrogens with zero attached hydrogens (tertiary/aromatic N) is 5. The van der Waals surface area contributed by atoms with Gasteiger partial charge in [-0.25, -0.2) is 4.98 Å². The number of fused-ring (bicyclic) bond motifs is 3. The van der Waals surface area contributed by atoms with Crippen molar-refractivity contribution in [3.8, 4) is 34.1 Å². The van der Waals surface area contributed by atoms with Crippen LogP contribution in [-0.4, -0.2) is 33.4 Å². The Morgan fingerprint density at radius 2 is 1.50 bits per heavy atom. The first kappa shape index (κ1) is 33.2. The summed E-state index contributed by atoms with van der Waals surface area (Å²) in [6.07, 6.45) is 1.85. The second-order valence-corrected chi connectivity index (χ2v) is 12.9. The van der Waals surface area contributed by atoms with Gasteiger partial charge in [0.25, 0.3) is 0 Å². The molecule has 0 radical (unpaired) electrons. The molecule has 0 amide bonds. The van der Waals surface area contributed by atoms with Crippen molar-refractivity contribution in [1.82, 2.24) is 19.3 Å². The summed E-state index contributed by atoms with van der Waals surface area (Å²) in [6, 6.07) is 34.1. The zero-order valence-corrected chi connectivity index (χ0v) is 30.2. The number of para-hydroxylation sites is 1. The van der Waals surface area contributed by atoms with Gasteiger partial charge in [-0.2, -0.15) is 17.2 Å². The van der Waals surface area contributed by atoms with Crippen LogP contribution in [0.3, 0.4) is 0 Å². The van der Waals surface area contributed by atoms with Gasteiger partial charge in [-0.15, -0.1) is 35.7 Å². The summed E-state index contributed by atoms with van der Waals surface area (Å²) in [6.45, 7) is 13.0. The molecule has 3 heterocycles. The second-order valence-electron chi connectivity index (χ2n) is 12.9. The molecule has 3 aromatic heterocycles. The first-order valence-electron chi connectivity index (χ1n) is 16.1. The third kappa shape index (κ3) is 5.83. The SMILES string of the molecule is Cc1ccnc(-n2c3[c-]c(Oc4[c-]c(-n5nc(C)c(-c6c(C)cc(N(C)C)cc6C)c5C(C)C)ccc4)ccc3c3ccccc32)c1.[Pd+2]. The third-order valence-electron chi connectivity index (χ3n) is 8.81. The summed E-state index contributed by atoms with van der Waals surface area (Å²) < 4.78 is 10.7. The van der Waals surface area contributed by atoms with Crippen molar-refractivity contribution in [2.75, 3.05) is 19.0 Å². The van der Waals surface area contributed by atoms with Crippen LogP contribution in [0.1, 0.15) is 47.8 Å². The molecule has 7 aromatic rings. The van der Waals surface area contributed by atoms with E-state index >= 15 is 0 Å². The summed E-state index contributed by atoms with van der Waals surface area (Å²) in [5, 5.41) is 7.33. The predicted octanol–water partition coefficient (Wildman–Crippen LogP) is 9.84. The summed E-state index contributed by atoms with van der Waals surface area (Å²) in [7, 11) is 4.16. The molecule has 48 heavy (non-hydrogen) atoms. The smallest absolute Gasteiger partial charge is 0.509 e. The van der Waals surface area contributed by atoms with E-state index in [4.69, 9.17) is 14.8 Å². The van der Waals surface area contributed by atoms with Gasteiger partial charge in [-0.1, -0.05) is 37.6 Å². The minimum atomic E-state index is 0. The number of aryl methyl sites for hydroxylation is 4. The second kappa shape index (κ2) is 13.1. The molecule has 0 aliphatic carbocycles. The Kier molecular flexibility index (Phi) is 9.04. The summed E-state index contributed by atoms with van der Waals surface area (Å²) in [5.41, 5.74) is 12.2. The van der Waals surface area contributed by atoms with Gasteiger partial charge >= 0.3 is 20.4 Å². The fourth-order valence-corrected chi connectivity index (χ4v) is 6.72. The quantitative estimate of drug-likeness (QED) is 0.121. The van der Waals surface area contributed by atoms with Gasteiger partial charge in [-0.05, 0) is 97.3 Å². The molecule has 0 fully saturated rings. The van der Waals surface area contributed by atoms with Crippen LogP contribution in [0.15, 0.2) is 85.1 Å². The largest absolute Gasteiger partial charge is 2.00 e. The fraction of sp³-hybridized carbons (Fsp3) is 0.220. The van der Waals surface area contributed by atoms with Gasteiger partial charge in [0.15, 0.2) is 0 Å². The summed E-state index contributed by atoms with van der Waals surface area (Å²) >= 11 is 0. The van der Waals surface area contributed by atoms with E-state index in [1.165, 1.54) is 27.9 Å². The maximum Gasteiger partial charge on any atom is 2.00 e. The molecule has 7 rings (SSSR count). The van der Waals surface area contributed by atoms with Gasteiger partial charge in [0, 0.05) is 48.6 Å². The molecule has 0 saturated carbocycles. The van der Waals surface area contributed by atoms with Gasteiger partial charge in [0.2, 0.25) is 0 Å². The predicted molar refractivity (Wildman–Crippen MR) is 193 cm³/mol. The van der Waals surface area contributed by atoms with Crippen LogP contribution < -0.4 is 9.64 Å². The molecule has 4 aromatic carbocycles. The van der Waals surface area contributed by atoms with Crippen LogP contribution in [0, 0.1) is 39.8 Å². The Bertz CT molecular complexity index is 2270. The molecule has 0 N–H and O–H groups in total. The van der Waals surface area contributed by atoms with Gasteiger partial charge in [0.1, 0.15) is 5.82 Å². The van der Waals surface area contributed by atoms with E-state index < -0.39 is 0 Å². The van der Waals surface area contributed by atoms with Crippen molar-refractivity contribution in [3.63, 3.8) is 0 Å². The molecule has 0 bridgehead atoms. The van der Waals surface area contributed by atoms with Crippen molar-refractivity contribution in [1.29, 1.82) is 0 Å².